The van der Waals surface area contributed by atoms with E-state index in [2.05, 4.69) is 181 Å². The summed E-state index contributed by atoms with van der Waals surface area (Å²) >= 11 is 1.85. The van der Waals surface area contributed by atoms with Gasteiger partial charge in [0, 0.05) is 48.1 Å². The fraction of sp³-hybridized carbons (Fsp3) is 0.0204. The van der Waals surface area contributed by atoms with E-state index in [9.17, 15) is 0 Å². The number of thiophene rings is 1. The SMILES string of the molecule is c1ccc(N(c2ccc3c(c2)sc2ccccc23)c2cccc3oc4ccc5c(c4c23)-c2ccccc2C52c3ccccc3Oc3ccccc32)cc1. The molecule has 0 saturated heterocycles. The molecule has 10 aromatic rings. The van der Waals surface area contributed by atoms with Crippen molar-refractivity contribution in [2.75, 3.05) is 4.90 Å². The summed E-state index contributed by atoms with van der Waals surface area (Å²) in [4.78, 5) is 2.40. The number of hydrogen-bond donors (Lipinski definition) is 0. The van der Waals surface area contributed by atoms with Crippen LogP contribution in [0.2, 0.25) is 0 Å². The lowest BCUT2D eigenvalue weighted by molar-refractivity contribution is 0.436. The number of anilines is 3. The van der Waals surface area contributed by atoms with Gasteiger partial charge in [0.2, 0.25) is 0 Å². The average molecular weight is 696 g/mol. The zero-order chi connectivity index (χ0) is 34.7. The fourth-order valence-electron chi connectivity index (χ4n) is 9.28. The fourth-order valence-corrected chi connectivity index (χ4v) is 10.4. The van der Waals surface area contributed by atoms with Gasteiger partial charge in [-0.2, -0.15) is 0 Å². The molecular formula is C49H29NO2S. The van der Waals surface area contributed by atoms with Gasteiger partial charge < -0.3 is 14.1 Å². The average Bonchev–Trinajstić information content (AvgIpc) is 3.87. The zero-order valence-electron chi connectivity index (χ0n) is 28.4. The Morgan fingerprint density at radius 3 is 1.96 bits per heavy atom. The first-order valence-corrected chi connectivity index (χ1v) is 18.8. The van der Waals surface area contributed by atoms with Gasteiger partial charge in [-0.3, -0.25) is 0 Å². The van der Waals surface area contributed by atoms with E-state index in [1.807, 2.05) is 11.3 Å². The number of hydrogen-bond acceptors (Lipinski definition) is 4. The Kier molecular flexibility index (Phi) is 5.86. The Hall–Kier alpha value is -6.62. The molecule has 248 valence electrons. The molecule has 1 aliphatic heterocycles. The Morgan fingerprint density at radius 1 is 0.453 bits per heavy atom. The van der Waals surface area contributed by atoms with Crippen molar-refractivity contribution in [2.24, 2.45) is 0 Å². The summed E-state index contributed by atoms with van der Waals surface area (Å²) in [5.41, 5.74) is 11.7. The molecule has 0 bridgehead atoms. The van der Waals surface area contributed by atoms with Gasteiger partial charge in [0.1, 0.15) is 22.7 Å². The molecule has 8 aromatic carbocycles. The minimum Gasteiger partial charge on any atom is -0.457 e. The molecule has 12 rings (SSSR count). The third kappa shape index (κ3) is 3.83. The molecule has 0 fully saturated rings. The van der Waals surface area contributed by atoms with Crippen molar-refractivity contribution >= 4 is 70.5 Å². The van der Waals surface area contributed by atoms with Crippen LogP contribution >= 0.6 is 11.3 Å². The largest absolute Gasteiger partial charge is 0.457 e. The highest BCUT2D eigenvalue weighted by atomic mass is 32.1. The van der Waals surface area contributed by atoms with Crippen LogP contribution < -0.4 is 9.64 Å². The molecule has 0 radical (unpaired) electrons. The Labute approximate surface area is 309 Å². The zero-order valence-corrected chi connectivity index (χ0v) is 29.2. The number of fused-ring (bicyclic) bond motifs is 16. The summed E-state index contributed by atoms with van der Waals surface area (Å²) in [6.45, 7) is 0. The first kappa shape index (κ1) is 29.0. The van der Waals surface area contributed by atoms with Crippen LogP contribution in [0.3, 0.4) is 0 Å². The Morgan fingerprint density at radius 2 is 1.13 bits per heavy atom. The summed E-state index contributed by atoms with van der Waals surface area (Å²) in [5, 5.41) is 4.81. The van der Waals surface area contributed by atoms with Crippen LogP contribution in [0.4, 0.5) is 17.1 Å². The van der Waals surface area contributed by atoms with Crippen LogP contribution in [0.5, 0.6) is 11.5 Å². The van der Waals surface area contributed by atoms with E-state index in [1.165, 1.54) is 42.4 Å². The highest BCUT2D eigenvalue weighted by Crippen LogP contribution is 2.64. The molecule has 0 amide bonds. The molecule has 4 heteroatoms. The lowest BCUT2D eigenvalue weighted by Crippen LogP contribution is -2.32. The topological polar surface area (TPSA) is 25.6 Å². The number of rotatable bonds is 3. The van der Waals surface area contributed by atoms with Gasteiger partial charge in [-0.25, -0.2) is 0 Å². The van der Waals surface area contributed by atoms with Crippen molar-refractivity contribution in [2.45, 2.75) is 5.41 Å². The molecular weight excluding hydrogens is 667 g/mol. The van der Waals surface area contributed by atoms with E-state index >= 15 is 0 Å². The number of furan rings is 1. The van der Waals surface area contributed by atoms with Crippen molar-refractivity contribution in [1.82, 2.24) is 0 Å². The number of ether oxygens (including phenoxy) is 1. The predicted molar refractivity (Wildman–Crippen MR) is 219 cm³/mol. The van der Waals surface area contributed by atoms with E-state index in [4.69, 9.17) is 9.15 Å². The molecule has 3 heterocycles. The molecule has 1 spiro atoms. The van der Waals surface area contributed by atoms with Crippen LogP contribution in [0, 0.1) is 0 Å². The number of benzene rings is 8. The second-order valence-corrected chi connectivity index (χ2v) is 15.0. The second kappa shape index (κ2) is 10.7. The molecule has 53 heavy (non-hydrogen) atoms. The normalized spacial score (nSPS) is 13.6. The van der Waals surface area contributed by atoms with Crippen molar-refractivity contribution in [3.63, 3.8) is 0 Å². The van der Waals surface area contributed by atoms with E-state index in [-0.39, 0.29) is 0 Å². The Bertz CT molecular complexity index is 3070. The molecule has 2 aliphatic rings. The first-order valence-electron chi connectivity index (χ1n) is 18.0. The summed E-state index contributed by atoms with van der Waals surface area (Å²) < 4.78 is 16.0. The molecule has 1 aliphatic carbocycles. The van der Waals surface area contributed by atoms with E-state index in [0.717, 1.165) is 61.6 Å². The van der Waals surface area contributed by atoms with Gasteiger partial charge in [0.05, 0.1) is 16.5 Å². The minimum atomic E-state index is -0.560. The maximum Gasteiger partial charge on any atom is 0.137 e. The lowest BCUT2D eigenvalue weighted by atomic mass is 9.66. The minimum absolute atomic E-state index is 0.560. The third-order valence-corrected chi connectivity index (χ3v) is 12.5. The summed E-state index contributed by atoms with van der Waals surface area (Å²) in [6.07, 6.45) is 0. The highest BCUT2D eigenvalue weighted by molar-refractivity contribution is 7.25. The predicted octanol–water partition coefficient (Wildman–Crippen LogP) is 13.9. The van der Waals surface area contributed by atoms with Crippen molar-refractivity contribution in [1.29, 1.82) is 0 Å². The van der Waals surface area contributed by atoms with Crippen molar-refractivity contribution in [3.8, 4) is 22.6 Å². The molecule has 2 aromatic heterocycles. The first-order chi connectivity index (χ1) is 26.3. The van der Waals surface area contributed by atoms with Gasteiger partial charge in [0.15, 0.2) is 0 Å². The third-order valence-electron chi connectivity index (χ3n) is 11.3. The van der Waals surface area contributed by atoms with E-state index in [0.29, 0.717) is 0 Å². The summed E-state index contributed by atoms with van der Waals surface area (Å²) in [7, 11) is 0. The smallest absolute Gasteiger partial charge is 0.137 e. The van der Waals surface area contributed by atoms with E-state index < -0.39 is 5.41 Å². The van der Waals surface area contributed by atoms with Gasteiger partial charge in [-0.1, -0.05) is 115 Å². The quantitative estimate of drug-likeness (QED) is 0.184. The van der Waals surface area contributed by atoms with Gasteiger partial charge >= 0.3 is 0 Å². The second-order valence-electron chi connectivity index (χ2n) is 14.0. The maximum absolute atomic E-state index is 6.83. The van der Waals surface area contributed by atoms with Crippen LogP contribution in [0.25, 0.3) is 53.2 Å². The van der Waals surface area contributed by atoms with Crippen LogP contribution in [0.1, 0.15) is 22.3 Å². The molecule has 0 N–H and O–H groups in total. The van der Waals surface area contributed by atoms with Crippen LogP contribution in [-0.4, -0.2) is 0 Å². The molecule has 0 saturated carbocycles. The molecule has 0 unspecified atom stereocenters. The van der Waals surface area contributed by atoms with Gasteiger partial charge in [-0.15, -0.1) is 11.3 Å². The van der Waals surface area contributed by atoms with Gasteiger partial charge in [-0.05, 0) is 82.9 Å². The van der Waals surface area contributed by atoms with Crippen molar-refractivity contribution < 1.29 is 9.15 Å². The van der Waals surface area contributed by atoms with E-state index in [1.54, 1.807) is 0 Å². The highest BCUT2D eigenvalue weighted by Gasteiger charge is 2.51. The Balaban J connectivity index is 1.19. The molecule has 3 nitrogen and oxygen atoms in total. The maximum atomic E-state index is 6.83. The molecule has 0 atom stereocenters. The standard InChI is InChI=1S/C49H29NO2S/c1-2-13-30(14-3-1)50(31-25-26-33-32-15-5-11-24-44(32)53-45(33)29-31)39-20-12-23-42-47(39)48-43(52-42)28-27-38-46(48)34-16-4-6-17-35(34)49(38)36-18-7-9-21-40(36)51-41-22-10-8-19-37(41)49/h1-29H. The number of para-hydroxylation sites is 3. The lowest BCUT2D eigenvalue weighted by Gasteiger charge is -2.39. The summed E-state index contributed by atoms with van der Waals surface area (Å²) in [6, 6.07) is 63.2. The van der Waals surface area contributed by atoms with Crippen LogP contribution in [-0.2, 0) is 5.41 Å². The van der Waals surface area contributed by atoms with Gasteiger partial charge in [0.25, 0.3) is 0 Å². The van der Waals surface area contributed by atoms with Crippen molar-refractivity contribution in [3.05, 3.63) is 198 Å². The monoisotopic (exact) mass is 695 g/mol. The van der Waals surface area contributed by atoms with Crippen LogP contribution in [0.15, 0.2) is 180 Å². The number of nitrogens with zero attached hydrogens (tertiary/aromatic N) is 1. The summed E-state index contributed by atoms with van der Waals surface area (Å²) in [5.74, 6) is 1.78.